The molecule has 22 heavy (non-hydrogen) atoms. The Bertz CT molecular complexity index is 667. The Morgan fingerprint density at radius 2 is 2.27 bits per heavy atom. The highest BCUT2D eigenvalue weighted by atomic mass is 32.2. The number of hydrogen-bond acceptors (Lipinski definition) is 5. The predicted molar refractivity (Wildman–Crippen MR) is 86.2 cm³/mol. The number of aryl methyl sites for hydroxylation is 1. The molecule has 6 heteroatoms. The highest BCUT2D eigenvalue weighted by Crippen LogP contribution is 2.43. The van der Waals surface area contributed by atoms with Crippen LogP contribution in [-0.4, -0.2) is 25.2 Å². The maximum absolute atomic E-state index is 14.2. The van der Waals surface area contributed by atoms with E-state index in [0.29, 0.717) is 5.56 Å². The van der Waals surface area contributed by atoms with E-state index in [2.05, 4.69) is 16.2 Å². The topological polar surface area (TPSA) is 45.3 Å². The molecule has 2 unspecified atom stereocenters. The molecule has 3 aliphatic heterocycles. The van der Waals surface area contributed by atoms with E-state index in [0.717, 1.165) is 41.4 Å². The number of nitrogens with one attached hydrogen (secondary N) is 3. The van der Waals surface area contributed by atoms with Crippen LogP contribution in [0.5, 0.6) is 0 Å². The Hall–Kier alpha value is -1.50. The van der Waals surface area contributed by atoms with Crippen LogP contribution >= 0.6 is 11.8 Å². The molecule has 0 aliphatic carbocycles. The first kappa shape index (κ1) is 14.1. The zero-order valence-electron chi connectivity index (χ0n) is 12.3. The van der Waals surface area contributed by atoms with E-state index in [1.807, 2.05) is 24.5 Å². The standard InChI is InChI=1S/C16H18FN3OS/c1-9-2-3-11(13(17)6-9)12-8-22-15-14(12)19-20-16(15)21-10-4-5-18-7-10/h2-3,6,8,10,14,18-20H,4-5,7H2,1H3. The van der Waals surface area contributed by atoms with Gasteiger partial charge in [-0.15, -0.1) is 0 Å². The fourth-order valence-electron chi connectivity index (χ4n) is 2.99. The summed E-state index contributed by atoms with van der Waals surface area (Å²) in [6.07, 6.45) is 1.22. The van der Waals surface area contributed by atoms with Crippen molar-refractivity contribution in [1.29, 1.82) is 0 Å². The van der Waals surface area contributed by atoms with Crippen molar-refractivity contribution in [3.63, 3.8) is 0 Å². The first-order valence-corrected chi connectivity index (χ1v) is 8.36. The second-order valence-electron chi connectivity index (χ2n) is 5.80. The number of thioether (sulfide) groups is 1. The second-order valence-corrected chi connectivity index (χ2v) is 6.71. The van der Waals surface area contributed by atoms with E-state index in [4.69, 9.17) is 4.74 Å². The molecule has 3 N–H and O–H groups in total. The van der Waals surface area contributed by atoms with E-state index in [1.54, 1.807) is 17.8 Å². The van der Waals surface area contributed by atoms with Gasteiger partial charge in [0.25, 0.3) is 0 Å². The van der Waals surface area contributed by atoms with Crippen LogP contribution in [0, 0.1) is 12.7 Å². The minimum absolute atomic E-state index is 0.0356. The highest BCUT2D eigenvalue weighted by molar-refractivity contribution is 8.06. The van der Waals surface area contributed by atoms with Crippen molar-refractivity contribution in [2.45, 2.75) is 25.5 Å². The summed E-state index contributed by atoms with van der Waals surface area (Å²) in [5.41, 5.74) is 8.85. The molecule has 0 aromatic heterocycles. The summed E-state index contributed by atoms with van der Waals surface area (Å²) in [6.45, 7) is 3.77. The van der Waals surface area contributed by atoms with E-state index >= 15 is 0 Å². The second kappa shape index (κ2) is 5.61. The van der Waals surface area contributed by atoms with Crippen LogP contribution < -0.4 is 16.2 Å². The highest BCUT2D eigenvalue weighted by Gasteiger charge is 2.36. The molecule has 2 atom stereocenters. The van der Waals surface area contributed by atoms with Gasteiger partial charge in [0.05, 0.1) is 10.9 Å². The van der Waals surface area contributed by atoms with Crippen LogP contribution in [0.25, 0.3) is 5.57 Å². The number of rotatable bonds is 3. The summed E-state index contributed by atoms with van der Waals surface area (Å²) in [7, 11) is 0. The normalized spacial score (nSPS) is 26.9. The third-order valence-corrected chi connectivity index (χ3v) is 5.22. The fraction of sp³-hybridized carbons (Fsp3) is 0.375. The van der Waals surface area contributed by atoms with Crippen molar-refractivity contribution >= 4 is 17.3 Å². The first-order chi connectivity index (χ1) is 10.7. The van der Waals surface area contributed by atoms with E-state index < -0.39 is 0 Å². The minimum atomic E-state index is -0.177. The van der Waals surface area contributed by atoms with Crippen LogP contribution in [0.15, 0.2) is 34.4 Å². The molecule has 1 aromatic carbocycles. The van der Waals surface area contributed by atoms with Gasteiger partial charge in [-0.3, -0.25) is 5.43 Å². The average Bonchev–Trinajstić information content (AvgIpc) is 3.19. The van der Waals surface area contributed by atoms with Crippen LogP contribution in [0.3, 0.4) is 0 Å². The average molecular weight is 319 g/mol. The molecule has 1 saturated heterocycles. The van der Waals surface area contributed by atoms with Crippen molar-refractivity contribution in [2.75, 3.05) is 13.1 Å². The van der Waals surface area contributed by atoms with Crippen molar-refractivity contribution in [3.05, 3.63) is 51.3 Å². The van der Waals surface area contributed by atoms with Gasteiger partial charge in [0, 0.05) is 12.1 Å². The number of halogens is 1. The van der Waals surface area contributed by atoms with Gasteiger partial charge in [0.1, 0.15) is 11.9 Å². The Morgan fingerprint density at radius 3 is 3.05 bits per heavy atom. The zero-order valence-corrected chi connectivity index (χ0v) is 13.1. The molecule has 3 aliphatic rings. The summed E-state index contributed by atoms with van der Waals surface area (Å²) >= 11 is 1.60. The lowest BCUT2D eigenvalue weighted by Crippen LogP contribution is -2.34. The number of benzene rings is 1. The van der Waals surface area contributed by atoms with Crippen molar-refractivity contribution < 1.29 is 9.13 Å². The van der Waals surface area contributed by atoms with Crippen LogP contribution in [0.4, 0.5) is 4.39 Å². The molecule has 116 valence electrons. The third-order valence-electron chi connectivity index (χ3n) is 4.18. The largest absolute Gasteiger partial charge is 0.473 e. The number of hydrogen-bond donors (Lipinski definition) is 3. The van der Waals surface area contributed by atoms with Gasteiger partial charge < -0.3 is 10.1 Å². The number of fused-ring (bicyclic) bond motifs is 1. The molecule has 3 heterocycles. The summed E-state index contributed by atoms with van der Waals surface area (Å²) < 4.78 is 20.2. The van der Waals surface area contributed by atoms with Gasteiger partial charge in [-0.1, -0.05) is 23.9 Å². The smallest absolute Gasteiger partial charge is 0.213 e. The third kappa shape index (κ3) is 2.41. The minimum Gasteiger partial charge on any atom is -0.473 e. The molecular weight excluding hydrogens is 301 g/mol. The number of ether oxygens (including phenoxy) is 1. The molecule has 0 saturated carbocycles. The summed E-state index contributed by atoms with van der Waals surface area (Å²) in [5, 5.41) is 5.30. The maximum atomic E-state index is 14.2. The Labute approximate surface area is 133 Å². The molecule has 4 nitrogen and oxygen atoms in total. The lowest BCUT2D eigenvalue weighted by atomic mass is 9.99. The van der Waals surface area contributed by atoms with Gasteiger partial charge >= 0.3 is 0 Å². The molecule has 4 rings (SSSR count). The van der Waals surface area contributed by atoms with Crippen LogP contribution in [0.2, 0.25) is 0 Å². The summed E-state index contributed by atoms with van der Waals surface area (Å²) in [6, 6.07) is 5.33. The molecular formula is C16H18FN3OS. The SMILES string of the molecule is Cc1ccc(C2=CSC3=C(OC4CCNC4)NNC23)c(F)c1. The lowest BCUT2D eigenvalue weighted by molar-refractivity contribution is 0.116. The zero-order chi connectivity index (χ0) is 15.1. The monoisotopic (exact) mass is 319 g/mol. The molecule has 1 fully saturated rings. The van der Waals surface area contributed by atoms with Crippen molar-refractivity contribution in [2.24, 2.45) is 0 Å². The molecule has 0 amide bonds. The van der Waals surface area contributed by atoms with E-state index in [9.17, 15) is 4.39 Å². The first-order valence-electron chi connectivity index (χ1n) is 7.48. The van der Waals surface area contributed by atoms with E-state index in [-0.39, 0.29) is 18.0 Å². The molecule has 0 spiro atoms. The lowest BCUT2D eigenvalue weighted by Gasteiger charge is -2.14. The Kier molecular flexibility index (Phi) is 3.60. The van der Waals surface area contributed by atoms with Crippen LogP contribution in [-0.2, 0) is 4.74 Å². The van der Waals surface area contributed by atoms with Gasteiger partial charge in [-0.25, -0.2) is 9.82 Å². The maximum Gasteiger partial charge on any atom is 0.213 e. The quantitative estimate of drug-likeness (QED) is 0.798. The molecule has 0 bridgehead atoms. The summed E-state index contributed by atoms with van der Waals surface area (Å²) in [4.78, 5) is 1.09. The van der Waals surface area contributed by atoms with Crippen LogP contribution in [0.1, 0.15) is 17.5 Å². The fourth-order valence-corrected chi connectivity index (χ4v) is 4.03. The van der Waals surface area contributed by atoms with E-state index in [1.165, 1.54) is 0 Å². The Morgan fingerprint density at radius 1 is 1.36 bits per heavy atom. The Balaban J connectivity index is 1.57. The van der Waals surface area contributed by atoms with Gasteiger partial charge in [-0.2, -0.15) is 0 Å². The van der Waals surface area contributed by atoms with Crippen molar-refractivity contribution in [3.8, 4) is 0 Å². The molecule has 0 radical (unpaired) electrons. The predicted octanol–water partition coefficient (Wildman–Crippen LogP) is 2.25. The van der Waals surface area contributed by atoms with Gasteiger partial charge in [0.2, 0.25) is 5.88 Å². The van der Waals surface area contributed by atoms with Crippen molar-refractivity contribution in [1.82, 2.24) is 16.2 Å². The van der Waals surface area contributed by atoms with Gasteiger partial charge in [-0.05, 0) is 42.5 Å². The van der Waals surface area contributed by atoms with Gasteiger partial charge in [0.15, 0.2) is 0 Å². The molecule has 1 aromatic rings. The number of hydrazine groups is 1. The summed E-state index contributed by atoms with van der Waals surface area (Å²) in [5.74, 6) is 0.603.